The number of aryl methyl sites for hydroxylation is 1. The largest absolute Gasteiger partial charge is 0.389 e. The van der Waals surface area contributed by atoms with Gasteiger partial charge in [0.15, 0.2) is 0 Å². The smallest absolute Gasteiger partial charge is 0.265 e. The fourth-order valence-corrected chi connectivity index (χ4v) is 3.19. The third kappa shape index (κ3) is 2.80. The maximum Gasteiger partial charge on any atom is 0.265 e. The molecule has 0 saturated heterocycles. The van der Waals surface area contributed by atoms with Crippen LogP contribution in [0.15, 0.2) is 17.2 Å². The van der Waals surface area contributed by atoms with Crippen molar-refractivity contribution in [3.63, 3.8) is 0 Å². The third-order valence-corrected chi connectivity index (χ3v) is 4.79. The van der Waals surface area contributed by atoms with E-state index in [1.54, 1.807) is 7.05 Å². The maximum absolute atomic E-state index is 12.0. The van der Waals surface area contributed by atoms with E-state index < -0.39 is 21.5 Å². The first kappa shape index (κ1) is 14.0. The van der Waals surface area contributed by atoms with Crippen molar-refractivity contribution in [2.24, 2.45) is 12.8 Å². The van der Waals surface area contributed by atoms with E-state index in [2.05, 4.69) is 4.72 Å². The van der Waals surface area contributed by atoms with Crippen molar-refractivity contribution in [3.8, 4) is 0 Å². The molecule has 4 N–H and O–H groups in total. The summed E-state index contributed by atoms with van der Waals surface area (Å²) in [4.78, 5) is 11.0. The molecule has 1 aromatic heterocycles. The van der Waals surface area contributed by atoms with Gasteiger partial charge < -0.3 is 15.4 Å². The van der Waals surface area contributed by atoms with Crippen molar-refractivity contribution < 1.29 is 18.3 Å². The molecule has 1 heterocycles. The molecule has 1 aromatic rings. The molecular weight excluding hydrogens is 270 g/mol. The van der Waals surface area contributed by atoms with Gasteiger partial charge in [-0.05, 0) is 25.3 Å². The minimum Gasteiger partial charge on any atom is -0.389 e. The number of sulfonamides is 1. The van der Waals surface area contributed by atoms with Gasteiger partial charge in [0.2, 0.25) is 10.0 Å². The molecule has 7 nitrogen and oxygen atoms in total. The Balaban J connectivity index is 2.15. The fourth-order valence-electron chi connectivity index (χ4n) is 2.00. The first-order valence-corrected chi connectivity index (χ1v) is 7.40. The number of aromatic nitrogens is 1. The average Bonchev–Trinajstić information content (AvgIpc) is 2.67. The van der Waals surface area contributed by atoms with E-state index in [9.17, 15) is 18.3 Å². The molecule has 1 aliphatic carbocycles. The Bertz CT molecular complexity index is 601. The van der Waals surface area contributed by atoms with Gasteiger partial charge in [-0.25, -0.2) is 13.1 Å². The fraction of sp³-hybridized carbons (Fsp3) is 0.545. The highest BCUT2D eigenvalue weighted by molar-refractivity contribution is 7.89. The van der Waals surface area contributed by atoms with Crippen LogP contribution in [0.3, 0.4) is 0 Å². The molecule has 1 aliphatic rings. The van der Waals surface area contributed by atoms with E-state index in [0.29, 0.717) is 12.8 Å². The number of primary amides is 1. The topological polar surface area (TPSA) is 114 Å². The monoisotopic (exact) mass is 287 g/mol. The number of carbonyl (C=O) groups is 1. The molecule has 0 unspecified atom stereocenters. The van der Waals surface area contributed by atoms with Crippen LogP contribution in [0.5, 0.6) is 0 Å². The van der Waals surface area contributed by atoms with E-state index >= 15 is 0 Å². The zero-order valence-corrected chi connectivity index (χ0v) is 11.4. The van der Waals surface area contributed by atoms with Crippen molar-refractivity contribution in [3.05, 3.63) is 18.0 Å². The summed E-state index contributed by atoms with van der Waals surface area (Å²) in [7, 11) is -2.20. The maximum atomic E-state index is 12.0. The SMILES string of the molecule is Cn1cc(S(=O)(=O)NCC2(O)CCC2)cc1C(N)=O. The number of amides is 1. The van der Waals surface area contributed by atoms with E-state index in [-0.39, 0.29) is 17.1 Å². The molecular formula is C11H17N3O4S. The number of nitrogens with two attached hydrogens (primary N) is 1. The van der Waals surface area contributed by atoms with Crippen molar-refractivity contribution in [1.29, 1.82) is 0 Å². The van der Waals surface area contributed by atoms with Crippen LogP contribution in [0.1, 0.15) is 29.8 Å². The molecule has 0 radical (unpaired) electrons. The third-order valence-electron chi connectivity index (χ3n) is 3.42. The molecule has 0 aliphatic heterocycles. The number of hydrogen-bond acceptors (Lipinski definition) is 4. The Morgan fingerprint density at radius 3 is 2.63 bits per heavy atom. The molecule has 0 bridgehead atoms. The van der Waals surface area contributed by atoms with E-state index in [0.717, 1.165) is 6.42 Å². The van der Waals surface area contributed by atoms with Crippen LogP contribution in [0, 0.1) is 0 Å². The Morgan fingerprint density at radius 2 is 2.21 bits per heavy atom. The van der Waals surface area contributed by atoms with Crippen LogP contribution < -0.4 is 10.5 Å². The number of carbonyl (C=O) groups excluding carboxylic acids is 1. The first-order valence-electron chi connectivity index (χ1n) is 5.92. The number of hydrogen-bond donors (Lipinski definition) is 3. The van der Waals surface area contributed by atoms with E-state index in [1.807, 2.05) is 0 Å². The summed E-state index contributed by atoms with van der Waals surface area (Å²) in [6, 6.07) is 1.22. The van der Waals surface area contributed by atoms with Gasteiger partial charge in [-0.15, -0.1) is 0 Å². The molecule has 2 rings (SSSR count). The Kier molecular flexibility index (Phi) is 3.41. The summed E-state index contributed by atoms with van der Waals surface area (Å²) in [5, 5.41) is 9.86. The standard InChI is InChI=1S/C11H17N3O4S/c1-14-6-8(5-9(14)10(12)15)19(17,18)13-7-11(16)3-2-4-11/h5-6,13,16H,2-4,7H2,1H3,(H2,12,15). The Morgan fingerprint density at radius 1 is 1.58 bits per heavy atom. The summed E-state index contributed by atoms with van der Waals surface area (Å²) in [5.74, 6) is -0.693. The Labute approximate surface area is 111 Å². The van der Waals surface area contributed by atoms with Gasteiger partial charge in [0.1, 0.15) is 10.6 Å². The second-order valence-electron chi connectivity index (χ2n) is 4.94. The first-order chi connectivity index (χ1) is 8.73. The molecule has 1 fully saturated rings. The average molecular weight is 287 g/mol. The number of rotatable bonds is 5. The number of nitrogens with one attached hydrogen (secondary N) is 1. The lowest BCUT2D eigenvalue weighted by Crippen LogP contribution is -2.47. The van der Waals surface area contributed by atoms with Crippen LogP contribution in [0.4, 0.5) is 0 Å². The summed E-state index contributed by atoms with van der Waals surface area (Å²) in [6.07, 6.45) is 3.40. The van der Waals surface area contributed by atoms with Gasteiger partial charge in [0.25, 0.3) is 5.91 Å². The summed E-state index contributed by atoms with van der Waals surface area (Å²) < 4.78 is 27.7. The van der Waals surface area contributed by atoms with Crippen LogP contribution >= 0.6 is 0 Å². The molecule has 0 aromatic carbocycles. The second-order valence-corrected chi connectivity index (χ2v) is 6.71. The molecule has 0 atom stereocenters. The molecule has 1 saturated carbocycles. The van der Waals surface area contributed by atoms with Crippen molar-refractivity contribution in [1.82, 2.24) is 9.29 Å². The lowest BCUT2D eigenvalue weighted by molar-refractivity contribution is -0.0270. The van der Waals surface area contributed by atoms with Gasteiger partial charge in [-0.1, -0.05) is 0 Å². The van der Waals surface area contributed by atoms with Gasteiger partial charge >= 0.3 is 0 Å². The van der Waals surface area contributed by atoms with Crippen LogP contribution in [0.25, 0.3) is 0 Å². The van der Waals surface area contributed by atoms with Gasteiger partial charge in [0.05, 0.1) is 5.60 Å². The van der Waals surface area contributed by atoms with Crippen LogP contribution in [-0.4, -0.2) is 36.1 Å². The molecule has 1 amide bonds. The van der Waals surface area contributed by atoms with Crippen molar-refractivity contribution >= 4 is 15.9 Å². The van der Waals surface area contributed by atoms with Gasteiger partial charge in [0, 0.05) is 19.8 Å². The second kappa shape index (κ2) is 4.62. The van der Waals surface area contributed by atoms with Gasteiger partial charge in [-0.2, -0.15) is 0 Å². The molecule has 8 heteroatoms. The summed E-state index contributed by atoms with van der Waals surface area (Å²) in [5.41, 5.74) is 4.31. The van der Waals surface area contributed by atoms with Crippen LogP contribution in [-0.2, 0) is 17.1 Å². The predicted octanol–water partition coefficient (Wildman–Crippen LogP) is -0.683. The van der Waals surface area contributed by atoms with Gasteiger partial charge in [-0.3, -0.25) is 4.79 Å². The molecule has 106 valence electrons. The highest BCUT2D eigenvalue weighted by atomic mass is 32.2. The number of nitrogens with zero attached hydrogens (tertiary/aromatic N) is 1. The van der Waals surface area contributed by atoms with E-state index in [1.165, 1.54) is 16.8 Å². The van der Waals surface area contributed by atoms with E-state index in [4.69, 9.17) is 5.73 Å². The Hall–Kier alpha value is -1.38. The highest BCUT2D eigenvalue weighted by Gasteiger charge is 2.35. The van der Waals surface area contributed by atoms with Crippen molar-refractivity contribution in [2.75, 3.05) is 6.54 Å². The summed E-state index contributed by atoms with van der Waals surface area (Å²) in [6.45, 7) is -0.0177. The minimum absolute atomic E-state index is 0.0177. The van der Waals surface area contributed by atoms with Crippen molar-refractivity contribution in [2.45, 2.75) is 29.8 Å². The zero-order valence-electron chi connectivity index (χ0n) is 10.6. The summed E-state index contributed by atoms with van der Waals surface area (Å²) >= 11 is 0. The minimum atomic E-state index is -3.74. The normalized spacial score (nSPS) is 18.0. The van der Waals surface area contributed by atoms with Crippen LogP contribution in [0.2, 0.25) is 0 Å². The zero-order chi connectivity index (χ0) is 14.3. The lowest BCUT2D eigenvalue weighted by Gasteiger charge is -2.36. The quantitative estimate of drug-likeness (QED) is 0.665. The number of aliphatic hydroxyl groups is 1. The lowest BCUT2D eigenvalue weighted by atomic mass is 9.81. The molecule has 0 spiro atoms. The predicted molar refractivity (Wildman–Crippen MR) is 67.9 cm³/mol. The molecule has 19 heavy (non-hydrogen) atoms. The highest BCUT2D eigenvalue weighted by Crippen LogP contribution is 2.31.